The molecular weight excluding hydrogens is 676 g/mol. The molecule has 4 N–H and O–H groups in total. The molecule has 0 saturated carbocycles. The third kappa shape index (κ3) is 8.85. The lowest BCUT2D eigenvalue weighted by Gasteiger charge is -2.29. The summed E-state index contributed by atoms with van der Waals surface area (Å²) in [4.78, 5) is 51.5. The number of aromatic hydroxyl groups is 1. The lowest BCUT2D eigenvalue weighted by atomic mass is 10.0. The molecule has 4 rings (SSSR count). The predicted octanol–water partition coefficient (Wildman–Crippen LogP) is 1.76. The molecule has 2 saturated heterocycles. The number of morpholine rings is 1. The highest BCUT2D eigenvalue weighted by Crippen LogP contribution is 2.35. The van der Waals surface area contributed by atoms with Crippen molar-refractivity contribution in [2.75, 3.05) is 46.6 Å². The molecular formula is C29H35BrN4O10S. The first-order valence-electron chi connectivity index (χ1n) is 14.3. The number of unbranched alkanes of at least 4 members (excludes halogenated alkanes) is 1. The topological polar surface area (TPSA) is 190 Å². The van der Waals surface area contributed by atoms with Crippen molar-refractivity contribution in [1.82, 2.24) is 20.3 Å². The molecule has 2 fully saturated rings. The van der Waals surface area contributed by atoms with Gasteiger partial charge in [-0.1, -0.05) is 34.1 Å². The molecule has 2 aliphatic rings. The number of benzene rings is 2. The van der Waals surface area contributed by atoms with Crippen LogP contribution in [-0.2, 0) is 35.5 Å². The Bertz CT molecular complexity index is 1530. The summed E-state index contributed by atoms with van der Waals surface area (Å²) in [5, 5.41) is 14.6. The zero-order chi connectivity index (χ0) is 32.6. The van der Waals surface area contributed by atoms with Gasteiger partial charge in [0.25, 0.3) is 0 Å². The van der Waals surface area contributed by atoms with Crippen LogP contribution in [0, 0.1) is 0 Å². The van der Waals surface area contributed by atoms with Gasteiger partial charge >= 0.3 is 12.0 Å². The number of amides is 4. The quantitative estimate of drug-likeness (QED) is 0.187. The summed E-state index contributed by atoms with van der Waals surface area (Å²) in [6, 6.07) is 8.04. The molecule has 244 valence electrons. The minimum Gasteiger partial charge on any atom is -0.507 e. The zero-order valence-electron chi connectivity index (χ0n) is 24.5. The maximum absolute atomic E-state index is 13.3. The molecule has 0 radical (unpaired) electrons. The van der Waals surface area contributed by atoms with E-state index in [0.717, 1.165) is 0 Å². The Morgan fingerprint density at radius 1 is 1.18 bits per heavy atom. The first-order chi connectivity index (χ1) is 21.5. The Balaban J connectivity index is 1.36. The minimum absolute atomic E-state index is 0.0677. The fraction of sp³-hybridized carbons (Fsp3) is 0.448. The lowest BCUT2D eigenvalue weighted by Crippen LogP contribution is -2.54. The van der Waals surface area contributed by atoms with E-state index in [9.17, 15) is 32.7 Å². The van der Waals surface area contributed by atoms with Gasteiger partial charge in [-0.15, -0.1) is 0 Å². The highest BCUT2D eigenvalue weighted by Gasteiger charge is 2.39. The van der Waals surface area contributed by atoms with E-state index in [0.29, 0.717) is 54.7 Å². The SMILES string of the molecule is COC(=O)c1c(O)cccc1OCCCCNC(=O)[C@H](Cc1ccc(C2CC(=O)NS2(=O)=O)c(Br)c1)NC(=O)N1CCOCC1. The normalized spacial score (nSPS) is 18.0. The van der Waals surface area contributed by atoms with Crippen LogP contribution in [0.4, 0.5) is 4.79 Å². The molecule has 2 aliphatic heterocycles. The average Bonchev–Trinajstić information content (AvgIpc) is 3.29. The molecule has 0 bridgehead atoms. The van der Waals surface area contributed by atoms with Gasteiger partial charge in [0.1, 0.15) is 28.4 Å². The number of nitrogens with zero attached hydrogens (tertiary/aromatic N) is 1. The minimum atomic E-state index is -3.84. The van der Waals surface area contributed by atoms with Gasteiger partial charge in [-0.25, -0.2) is 18.0 Å². The van der Waals surface area contributed by atoms with E-state index in [-0.39, 0.29) is 43.1 Å². The number of hydrogen-bond donors (Lipinski definition) is 4. The van der Waals surface area contributed by atoms with E-state index in [2.05, 4.69) is 26.6 Å². The molecule has 14 nitrogen and oxygen atoms in total. The number of rotatable bonds is 12. The van der Waals surface area contributed by atoms with E-state index >= 15 is 0 Å². The number of methoxy groups -OCH3 is 1. The predicted molar refractivity (Wildman–Crippen MR) is 164 cm³/mol. The standard InChI is InChI=1S/C29H35BrN4O10S/c1-42-28(38)26-22(35)5-4-6-23(26)44-12-3-2-9-31-27(37)21(32-29(39)34-10-13-43-14-11-34)16-18-7-8-19(20(30)15-18)24-17-25(36)33-45(24,40)41/h4-8,15,21,24,35H,2-3,9-14,16-17H2,1H3,(H,31,37)(H,32,39)(H,33,36)/t21-,24?/m0/s1. The number of urea groups is 1. The van der Waals surface area contributed by atoms with Crippen LogP contribution in [0.5, 0.6) is 11.5 Å². The van der Waals surface area contributed by atoms with Crippen LogP contribution in [0.25, 0.3) is 0 Å². The highest BCUT2D eigenvalue weighted by atomic mass is 79.9. The second-order valence-electron chi connectivity index (χ2n) is 10.4. The highest BCUT2D eigenvalue weighted by molar-refractivity contribution is 9.10. The number of esters is 1. The van der Waals surface area contributed by atoms with E-state index in [1.54, 1.807) is 35.2 Å². The van der Waals surface area contributed by atoms with Crippen molar-refractivity contribution in [3.63, 3.8) is 0 Å². The Kier molecular flexibility index (Phi) is 11.6. The lowest BCUT2D eigenvalue weighted by molar-refractivity contribution is -0.123. The third-order valence-corrected chi connectivity index (χ3v) is 9.66. The second kappa shape index (κ2) is 15.4. The number of sulfonamides is 1. The number of halogens is 1. The summed E-state index contributed by atoms with van der Waals surface area (Å²) in [7, 11) is -2.63. The molecule has 2 aromatic rings. The van der Waals surface area contributed by atoms with Crippen molar-refractivity contribution < 1.29 is 46.9 Å². The molecule has 16 heteroatoms. The van der Waals surface area contributed by atoms with Gasteiger partial charge < -0.3 is 34.9 Å². The van der Waals surface area contributed by atoms with Gasteiger partial charge in [0, 0.05) is 30.5 Å². The van der Waals surface area contributed by atoms with Crippen LogP contribution in [0.15, 0.2) is 40.9 Å². The van der Waals surface area contributed by atoms with Crippen molar-refractivity contribution in [3.05, 3.63) is 57.6 Å². The second-order valence-corrected chi connectivity index (χ2v) is 13.1. The number of nitrogens with one attached hydrogen (secondary N) is 3. The number of carbonyl (C=O) groups excluding carboxylic acids is 4. The van der Waals surface area contributed by atoms with Crippen LogP contribution >= 0.6 is 15.9 Å². The smallest absolute Gasteiger partial charge is 0.345 e. The first-order valence-corrected chi connectivity index (χ1v) is 16.6. The molecule has 2 heterocycles. The van der Waals surface area contributed by atoms with E-state index < -0.39 is 45.1 Å². The summed E-state index contributed by atoms with van der Waals surface area (Å²) in [5.74, 6) is -1.78. The molecule has 4 amide bonds. The van der Waals surface area contributed by atoms with E-state index in [4.69, 9.17) is 14.2 Å². The van der Waals surface area contributed by atoms with E-state index in [1.807, 2.05) is 4.72 Å². The molecule has 0 aromatic heterocycles. The number of ether oxygens (including phenoxy) is 3. The van der Waals surface area contributed by atoms with Crippen molar-refractivity contribution in [2.45, 2.75) is 37.0 Å². The van der Waals surface area contributed by atoms with Crippen LogP contribution < -0.4 is 20.1 Å². The van der Waals surface area contributed by atoms with Crippen molar-refractivity contribution >= 4 is 49.8 Å². The van der Waals surface area contributed by atoms with Gasteiger partial charge in [-0.3, -0.25) is 14.3 Å². The summed E-state index contributed by atoms with van der Waals surface area (Å²) in [6.07, 6.45) is 0.959. The fourth-order valence-corrected chi connectivity index (χ4v) is 7.24. The Morgan fingerprint density at radius 2 is 1.93 bits per heavy atom. The maximum Gasteiger partial charge on any atom is 0.345 e. The van der Waals surface area contributed by atoms with Crippen molar-refractivity contribution in [1.29, 1.82) is 0 Å². The van der Waals surface area contributed by atoms with Crippen LogP contribution in [0.3, 0.4) is 0 Å². The van der Waals surface area contributed by atoms with Gasteiger partial charge in [-0.05, 0) is 42.2 Å². The molecule has 0 aliphatic carbocycles. The molecule has 45 heavy (non-hydrogen) atoms. The summed E-state index contributed by atoms with van der Waals surface area (Å²) in [5.41, 5.74) is 1.01. The van der Waals surface area contributed by atoms with Crippen molar-refractivity contribution in [3.8, 4) is 11.5 Å². The molecule has 2 aromatic carbocycles. The summed E-state index contributed by atoms with van der Waals surface area (Å²) in [6.45, 7) is 2.05. The number of phenols is 1. The van der Waals surface area contributed by atoms with Crippen LogP contribution in [0.2, 0.25) is 0 Å². The van der Waals surface area contributed by atoms with Gasteiger partial charge in [0.2, 0.25) is 21.8 Å². The summed E-state index contributed by atoms with van der Waals surface area (Å²) >= 11 is 3.41. The Labute approximate surface area is 268 Å². The summed E-state index contributed by atoms with van der Waals surface area (Å²) < 4.78 is 42.8. The number of hydrogen-bond acceptors (Lipinski definition) is 10. The molecule has 2 atom stereocenters. The Morgan fingerprint density at radius 3 is 2.60 bits per heavy atom. The number of phenolic OH excluding ortho intramolecular Hbond substituents is 1. The fourth-order valence-electron chi connectivity index (χ4n) is 4.93. The van der Waals surface area contributed by atoms with E-state index in [1.165, 1.54) is 13.2 Å². The monoisotopic (exact) mass is 710 g/mol. The molecule has 1 unspecified atom stereocenters. The van der Waals surface area contributed by atoms with Gasteiger partial charge in [0.15, 0.2) is 0 Å². The average molecular weight is 712 g/mol. The molecule has 0 spiro atoms. The Hall–Kier alpha value is -3.89. The maximum atomic E-state index is 13.3. The van der Waals surface area contributed by atoms with Crippen LogP contribution in [0.1, 0.15) is 46.0 Å². The largest absolute Gasteiger partial charge is 0.507 e. The third-order valence-electron chi connectivity index (χ3n) is 7.29. The first kappa shape index (κ1) is 34.0. The van der Waals surface area contributed by atoms with Crippen LogP contribution in [-0.4, -0.2) is 94.8 Å². The van der Waals surface area contributed by atoms with Gasteiger partial charge in [0.05, 0.1) is 33.4 Å². The van der Waals surface area contributed by atoms with Gasteiger partial charge in [-0.2, -0.15) is 0 Å². The zero-order valence-corrected chi connectivity index (χ0v) is 26.9. The number of carbonyl (C=O) groups is 4. The van der Waals surface area contributed by atoms with Crippen molar-refractivity contribution in [2.24, 2.45) is 0 Å².